The molecule has 1 aromatic carbocycles. The summed E-state index contributed by atoms with van der Waals surface area (Å²) in [5.41, 5.74) is 5.20. The van der Waals surface area contributed by atoms with Gasteiger partial charge in [0.25, 0.3) is 0 Å². The summed E-state index contributed by atoms with van der Waals surface area (Å²) in [5, 5.41) is 10.6. The van der Waals surface area contributed by atoms with Gasteiger partial charge in [-0.3, -0.25) is 9.69 Å². The molecule has 3 rings (SSSR count). The zero-order valence-corrected chi connectivity index (χ0v) is 13.6. The van der Waals surface area contributed by atoms with Crippen molar-refractivity contribution in [1.82, 2.24) is 9.47 Å². The lowest BCUT2D eigenvalue weighted by Crippen LogP contribution is -2.15. The zero-order valence-electron chi connectivity index (χ0n) is 13.6. The van der Waals surface area contributed by atoms with Crippen LogP contribution in [-0.2, 0) is 30.8 Å². The number of carbonyl (C=O) groups is 1. The second kappa shape index (κ2) is 5.76. The highest BCUT2D eigenvalue weighted by Crippen LogP contribution is 2.31. The fourth-order valence-electron chi connectivity index (χ4n) is 3.53. The molecule has 1 aliphatic heterocycles. The molecule has 4 nitrogen and oxygen atoms in total. The van der Waals surface area contributed by atoms with E-state index < -0.39 is 5.97 Å². The van der Waals surface area contributed by atoms with Crippen LogP contribution in [0.15, 0.2) is 18.3 Å². The van der Waals surface area contributed by atoms with Gasteiger partial charge in [-0.1, -0.05) is 6.92 Å². The number of hydrogen-bond donors (Lipinski definition) is 1. The van der Waals surface area contributed by atoms with Crippen LogP contribution in [0.2, 0.25) is 0 Å². The number of aromatic nitrogens is 1. The molecule has 2 aromatic rings. The molecular formula is C18H24N2O2. The summed E-state index contributed by atoms with van der Waals surface area (Å²) in [6, 6.07) is 4.58. The molecule has 1 N–H and O–H groups in total. The predicted octanol–water partition coefficient (Wildman–Crippen LogP) is 3.26. The van der Waals surface area contributed by atoms with Gasteiger partial charge in [0.15, 0.2) is 0 Å². The lowest BCUT2D eigenvalue weighted by molar-refractivity contribution is -0.141. The SMILES string of the molecule is CCC(Cc1cn(CC)c2cc3c(cc12)CN(C)C3)C(=O)O. The predicted molar refractivity (Wildman–Crippen MR) is 87.9 cm³/mol. The molecule has 2 heterocycles. The van der Waals surface area contributed by atoms with E-state index in [0.717, 1.165) is 19.6 Å². The second-order valence-electron chi connectivity index (χ2n) is 6.40. The highest BCUT2D eigenvalue weighted by atomic mass is 16.4. The van der Waals surface area contributed by atoms with E-state index in [-0.39, 0.29) is 5.92 Å². The van der Waals surface area contributed by atoms with Crippen molar-refractivity contribution in [3.05, 3.63) is 35.0 Å². The Bertz CT molecular complexity index is 717. The number of benzene rings is 1. The number of aliphatic carboxylic acids is 1. The van der Waals surface area contributed by atoms with Crippen molar-refractivity contribution in [2.24, 2.45) is 5.92 Å². The Morgan fingerprint density at radius 1 is 1.27 bits per heavy atom. The summed E-state index contributed by atoms with van der Waals surface area (Å²) in [6.45, 7) is 6.98. The summed E-state index contributed by atoms with van der Waals surface area (Å²) in [5.74, 6) is -0.993. The molecule has 0 bridgehead atoms. The van der Waals surface area contributed by atoms with Gasteiger partial charge in [0, 0.05) is 36.7 Å². The molecule has 0 radical (unpaired) electrons. The Balaban J connectivity index is 2.07. The lowest BCUT2D eigenvalue weighted by Gasteiger charge is -2.08. The van der Waals surface area contributed by atoms with Crippen LogP contribution in [0.1, 0.15) is 37.0 Å². The van der Waals surface area contributed by atoms with Crippen molar-refractivity contribution in [2.75, 3.05) is 7.05 Å². The maximum absolute atomic E-state index is 11.4. The smallest absolute Gasteiger partial charge is 0.306 e. The minimum atomic E-state index is -0.694. The Morgan fingerprint density at radius 3 is 2.55 bits per heavy atom. The summed E-state index contributed by atoms with van der Waals surface area (Å²) in [6.07, 6.45) is 3.43. The van der Waals surface area contributed by atoms with Gasteiger partial charge in [-0.05, 0) is 55.6 Å². The zero-order chi connectivity index (χ0) is 15.9. The van der Waals surface area contributed by atoms with Crippen LogP contribution in [0.3, 0.4) is 0 Å². The van der Waals surface area contributed by atoms with E-state index >= 15 is 0 Å². The van der Waals surface area contributed by atoms with Crippen molar-refractivity contribution in [2.45, 2.75) is 46.3 Å². The average Bonchev–Trinajstić information content (AvgIpc) is 3.00. The van der Waals surface area contributed by atoms with Crippen LogP contribution in [0, 0.1) is 5.92 Å². The van der Waals surface area contributed by atoms with Gasteiger partial charge in [0.2, 0.25) is 0 Å². The van der Waals surface area contributed by atoms with Crippen molar-refractivity contribution >= 4 is 16.9 Å². The molecule has 0 saturated heterocycles. The third kappa shape index (κ3) is 2.52. The summed E-state index contributed by atoms with van der Waals surface area (Å²) in [7, 11) is 2.14. The molecule has 0 fully saturated rings. The average molecular weight is 300 g/mol. The summed E-state index contributed by atoms with van der Waals surface area (Å²) >= 11 is 0. The van der Waals surface area contributed by atoms with Gasteiger partial charge in [0.05, 0.1) is 5.92 Å². The molecule has 0 amide bonds. The maximum atomic E-state index is 11.4. The Kier molecular flexibility index (Phi) is 3.96. The van der Waals surface area contributed by atoms with E-state index in [9.17, 15) is 9.90 Å². The van der Waals surface area contributed by atoms with E-state index in [1.807, 2.05) is 6.92 Å². The molecule has 0 aliphatic carbocycles. The third-order valence-electron chi connectivity index (χ3n) is 4.81. The molecule has 118 valence electrons. The van der Waals surface area contributed by atoms with E-state index in [1.165, 1.54) is 27.6 Å². The van der Waals surface area contributed by atoms with E-state index in [4.69, 9.17) is 0 Å². The van der Waals surface area contributed by atoms with E-state index in [2.05, 4.69) is 41.8 Å². The molecule has 4 heteroatoms. The molecule has 1 aliphatic rings. The van der Waals surface area contributed by atoms with E-state index in [0.29, 0.717) is 12.8 Å². The van der Waals surface area contributed by atoms with Gasteiger partial charge >= 0.3 is 5.97 Å². The first kappa shape index (κ1) is 15.1. The Hall–Kier alpha value is -1.81. The summed E-state index contributed by atoms with van der Waals surface area (Å²) in [4.78, 5) is 13.7. The van der Waals surface area contributed by atoms with Crippen molar-refractivity contribution in [1.29, 1.82) is 0 Å². The van der Waals surface area contributed by atoms with Crippen LogP contribution in [0.4, 0.5) is 0 Å². The van der Waals surface area contributed by atoms with Gasteiger partial charge in [-0.2, -0.15) is 0 Å². The van der Waals surface area contributed by atoms with Crippen LogP contribution >= 0.6 is 0 Å². The topological polar surface area (TPSA) is 45.5 Å². The molecule has 0 spiro atoms. The van der Waals surface area contributed by atoms with Gasteiger partial charge in [-0.15, -0.1) is 0 Å². The van der Waals surface area contributed by atoms with Crippen molar-refractivity contribution in [3.63, 3.8) is 0 Å². The normalized spacial score (nSPS) is 16.1. The van der Waals surface area contributed by atoms with Crippen molar-refractivity contribution < 1.29 is 9.90 Å². The van der Waals surface area contributed by atoms with E-state index in [1.54, 1.807) is 0 Å². The number of aryl methyl sites for hydroxylation is 1. The first-order chi connectivity index (χ1) is 10.5. The summed E-state index contributed by atoms with van der Waals surface area (Å²) < 4.78 is 2.25. The number of carboxylic acid groups (broad SMARTS) is 1. The Morgan fingerprint density at radius 2 is 1.95 bits per heavy atom. The molecule has 1 aromatic heterocycles. The highest BCUT2D eigenvalue weighted by Gasteiger charge is 2.22. The fraction of sp³-hybridized carbons (Fsp3) is 0.500. The lowest BCUT2D eigenvalue weighted by atomic mass is 9.95. The third-order valence-corrected chi connectivity index (χ3v) is 4.81. The number of carboxylic acids is 1. The number of rotatable bonds is 5. The monoisotopic (exact) mass is 300 g/mol. The van der Waals surface area contributed by atoms with Crippen LogP contribution in [-0.4, -0.2) is 27.6 Å². The quantitative estimate of drug-likeness (QED) is 0.922. The first-order valence-electron chi connectivity index (χ1n) is 8.08. The fourth-order valence-corrected chi connectivity index (χ4v) is 3.53. The number of hydrogen-bond acceptors (Lipinski definition) is 2. The first-order valence-corrected chi connectivity index (χ1v) is 8.08. The number of nitrogens with zero attached hydrogens (tertiary/aromatic N) is 2. The molecule has 0 saturated carbocycles. The van der Waals surface area contributed by atoms with Crippen LogP contribution in [0.5, 0.6) is 0 Å². The minimum Gasteiger partial charge on any atom is -0.481 e. The van der Waals surface area contributed by atoms with Gasteiger partial charge in [0.1, 0.15) is 0 Å². The van der Waals surface area contributed by atoms with Crippen LogP contribution < -0.4 is 0 Å². The number of fused-ring (bicyclic) bond motifs is 2. The maximum Gasteiger partial charge on any atom is 0.306 e. The molecule has 1 unspecified atom stereocenters. The molecular weight excluding hydrogens is 276 g/mol. The minimum absolute atomic E-state index is 0.299. The largest absolute Gasteiger partial charge is 0.481 e. The van der Waals surface area contributed by atoms with Gasteiger partial charge < -0.3 is 9.67 Å². The van der Waals surface area contributed by atoms with Crippen molar-refractivity contribution in [3.8, 4) is 0 Å². The second-order valence-corrected chi connectivity index (χ2v) is 6.40. The highest BCUT2D eigenvalue weighted by molar-refractivity contribution is 5.86. The van der Waals surface area contributed by atoms with Crippen LogP contribution in [0.25, 0.3) is 10.9 Å². The van der Waals surface area contributed by atoms with Gasteiger partial charge in [-0.25, -0.2) is 0 Å². The standard InChI is InChI=1S/C18H24N2O2/c1-4-12(18(21)22)6-15-11-20(5-2)17-8-14-10-19(3)9-13(14)7-16(15)17/h7-8,11-12H,4-6,9-10H2,1-3H3,(H,21,22). The molecule has 22 heavy (non-hydrogen) atoms. The Labute approximate surface area is 131 Å². The molecule has 1 atom stereocenters.